The number of nitrogens with two attached hydrogens (primary N) is 1. The maximum atomic E-state index is 7.41. The molecule has 4 heteroatoms. The van der Waals surface area contributed by atoms with Gasteiger partial charge in [-0.15, -0.1) is 0 Å². The van der Waals surface area contributed by atoms with Crippen LogP contribution in [0.4, 0.5) is 0 Å². The number of amidine groups is 1. The van der Waals surface area contributed by atoms with Gasteiger partial charge in [0.15, 0.2) is 0 Å². The molecule has 2 aromatic carbocycles. The van der Waals surface area contributed by atoms with Gasteiger partial charge in [-0.3, -0.25) is 5.41 Å². The Bertz CT molecular complexity index is 606. The number of nitrogens with one attached hydrogen (secondary N) is 1. The van der Waals surface area contributed by atoms with E-state index in [9.17, 15) is 0 Å². The van der Waals surface area contributed by atoms with Crippen LogP contribution in [0.3, 0.4) is 0 Å². The second-order valence-corrected chi connectivity index (χ2v) is 4.52. The van der Waals surface area contributed by atoms with E-state index in [-0.39, 0.29) is 5.84 Å². The Morgan fingerprint density at radius 2 is 1.75 bits per heavy atom. The largest absolute Gasteiger partial charge is 0.497 e. The normalized spacial score (nSPS) is 10.1. The third-order valence-electron chi connectivity index (χ3n) is 3.11. The number of benzene rings is 2. The molecule has 4 nitrogen and oxygen atoms in total. The van der Waals surface area contributed by atoms with Gasteiger partial charge < -0.3 is 15.2 Å². The molecule has 0 saturated carbocycles. The summed E-state index contributed by atoms with van der Waals surface area (Å²) in [6.07, 6.45) is 0. The lowest BCUT2D eigenvalue weighted by molar-refractivity contribution is 0.304. The SMILES string of the molecule is COc1ccc(OCc2ccc(C(=N)N)cc2C)cc1. The third kappa shape index (κ3) is 3.29. The second-order valence-electron chi connectivity index (χ2n) is 4.52. The molecule has 2 rings (SSSR count). The Balaban J connectivity index is 2.04. The summed E-state index contributed by atoms with van der Waals surface area (Å²) in [5, 5.41) is 7.41. The molecule has 0 heterocycles. The van der Waals surface area contributed by atoms with E-state index in [1.165, 1.54) is 0 Å². The summed E-state index contributed by atoms with van der Waals surface area (Å²) in [5.41, 5.74) is 8.33. The van der Waals surface area contributed by atoms with Gasteiger partial charge >= 0.3 is 0 Å². The van der Waals surface area contributed by atoms with Crippen LogP contribution in [0.1, 0.15) is 16.7 Å². The van der Waals surface area contributed by atoms with E-state index in [1.807, 2.05) is 49.4 Å². The van der Waals surface area contributed by atoms with Crippen molar-refractivity contribution in [3.8, 4) is 11.5 Å². The van der Waals surface area contributed by atoms with Crippen molar-refractivity contribution in [3.05, 3.63) is 59.2 Å². The smallest absolute Gasteiger partial charge is 0.122 e. The van der Waals surface area contributed by atoms with Gasteiger partial charge in [0.05, 0.1) is 7.11 Å². The van der Waals surface area contributed by atoms with Crippen molar-refractivity contribution in [1.29, 1.82) is 5.41 Å². The topological polar surface area (TPSA) is 68.3 Å². The van der Waals surface area contributed by atoms with E-state index in [0.717, 1.165) is 28.2 Å². The van der Waals surface area contributed by atoms with Crippen LogP contribution in [0.25, 0.3) is 0 Å². The van der Waals surface area contributed by atoms with Crippen LogP contribution < -0.4 is 15.2 Å². The maximum absolute atomic E-state index is 7.41. The molecule has 0 radical (unpaired) electrons. The summed E-state index contributed by atoms with van der Waals surface area (Å²) in [5.74, 6) is 1.68. The Labute approximate surface area is 118 Å². The van der Waals surface area contributed by atoms with Crippen LogP contribution >= 0.6 is 0 Å². The first kappa shape index (κ1) is 13.9. The zero-order chi connectivity index (χ0) is 14.5. The van der Waals surface area contributed by atoms with Crippen LogP contribution in [0.5, 0.6) is 11.5 Å². The zero-order valence-corrected chi connectivity index (χ0v) is 11.6. The minimum absolute atomic E-state index is 0.0794. The van der Waals surface area contributed by atoms with E-state index >= 15 is 0 Å². The van der Waals surface area contributed by atoms with Crippen molar-refractivity contribution in [1.82, 2.24) is 0 Å². The fourth-order valence-corrected chi connectivity index (χ4v) is 1.86. The number of methoxy groups -OCH3 is 1. The van der Waals surface area contributed by atoms with Gasteiger partial charge in [-0.25, -0.2) is 0 Å². The fourth-order valence-electron chi connectivity index (χ4n) is 1.86. The van der Waals surface area contributed by atoms with Gasteiger partial charge in [0.25, 0.3) is 0 Å². The van der Waals surface area contributed by atoms with E-state index in [4.69, 9.17) is 20.6 Å². The number of hydrogen-bond donors (Lipinski definition) is 2. The van der Waals surface area contributed by atoms with Crippen LogP contribution in [-0.4, -0.2) is 12.9 Å². The van der Waals surface area contributed by atoms with Crippen LogP contribution in [0.2, 0.25) is 0 Å². The Morgan fingerprint density at radius 3 is 2.30 bits per heavy atom. The highest BCUT2D eigenvalue weighted by molar-refractivity contribution is 5.95. The number of nitrogen functional groups attached to an aromatic ring is 1. The first-order valence-corrected chi connectivity index (χ1v) is 6.31. The fraction of sp³-hybridized carbons (Fsp3) is 0.188. The van der Waals surface area contributed by atoms with Crippen molar-refractivity contribution in [2.45, 2.75) is 13.5 Å². The molecular formula is C16H18N2O2. The highest BCUT2D eigenvalue weighted by atomic mass is 16.5. The monoisotopic (exact) mass is 270 g/mol. The summed E-state index contributed by atoms with van der Waals surface area (Å²) in [6, 6.07) is 13.1. The first-order chi connectivity index (χ1) is 9.60. The minimum Gasteiger partial charge on any atom is -0.497 e. The lowest BCUT2D eigenvalue weighted by Gasteiger charge is -2.10. The molecule has 0 bridgehead atoms. The molecule has 0 saturated heterocycles. The lowest BCUT2D eigenvalue weighted by atomic mass is 10.1. The predicted molar refractivity (Wildman–Crippen MR) is 79.5 cm³/mol. The molecule has 0 spiro atoms. The number of hydrogen-bond acceptors (Lipinski definition) is 3. The van der Waals surface area contributed by atoms with Gasteiger partial charge in [-0.1, -0.05) is 12.1 Å². The quantitative estimate of drug-likeness (QED) is 0.648. The van der Waals surface area contributed by atoms with Gasteiger partial charge in [-0.2, -0.15) is 0 Å². The average Bonchev–Trinajstić information content (AvgIpc) is 2.46. The van der Waals surface area contributed by atoms with Crippen molar-refractivity contribution in [2.75, 3.05) is 7.11 Å². The second kappa shape index (κ2) is 6.10. The third-order valence-corrected chi connectivity index (χ3v) is 3.11. The Morgan fingerprint density at radius 1 is 1.10 bits per heavy atom. The van der Waals surface area contributed by atoms with Crippen LogP contribution in [-0.2, 0) is 6.61 Å². The highest BCUT2D eigenvalue weighted by Crippen LogP contribution is 2.19. The van der Waals surface area contributed by atoms with Gasteiger partial charge in [0.1, 0.15) is 23.9 Å². The molecule has 20 heavy (non-hydrogen) atoms. The summed E-state index contributed by atoms with van der Waals surface area (Å²) in [6.45, 7) is 2.47. The molecule has 0 aliphatic rings. The van der Waals surface area contributed by atoms with Crippen molar-refractivity contribution in [3.63, 3.8) is 0 Å². The summed E-state index contributed by atoms with van der Waals surface area (Å²) < 4.78 is 10.8. The van der Waals surface area contributed by atoms with Gasteiger partial charge in [0.2, 0.25) is 0 Å². The van der Waals surface area contributed by atoms with Crippen LogP contribution in [0.15, 0.2) is 42.5 Å². The molecule has 0 aliphatic carbocycles. The number of ether oxygens (including phenoxy) is 2. The first-order valence-electron chi connectivity index (χ1n) is 6.31. The maximum Gasteiger partial charge on any atom is 0.122 e. The molecular weight excluding hydrogens is 252 g/mol. The minimum atomic E-state index is 0.0794. The lowest BCUT2D eigenvalue weighted by Crippen LogP contribution is -2.11. The molecule has 0 amide bonds. The number of aryl methyl sites for hydroxylation is 1. The predicted octanol–water partition coefficient (Wildman–Crippen LogP) is 2.87. The van der Waals surface area contributed by atoms with E-state index in [2.05, 4.69) is 0 Å². The van der Waals surface area contributed by atoms with Crippen molar-refractivity contribution >= 4 is 5.84 Å². The molecule has 3 N–H and O–H groups in total. The molecule has 104 valence electrons. The number of rotatable bonds is 5. The van der Waals surface area contributed by atoms with Crippen molar-refractivity contribution in [2.24, 2.45) is 5.73 Å². The average molecular weight is 270 g/mol. The summed E-state index contributed by atoms with van der Waals surface area (Å²) >= 11 is 0. The molecule has 0 unspecified atom stereocenters. The van der Waals surface area contributed by atoms with Crippen molar-refractivity contribution < 1.29 is 9.47 Å². The van der Waals surface area contributed by atoms with E-state index in [1.54, 1.807) is 7.11 Å². The van der Waals surface area contributed by atoms with Gasteiger partial charge in [-0.05, 0) is 48.4 Å². The molecule has 0 fully saturated rings. The molecule has 0 aromatic heterocycles. The van der Waals surface area contributed by atoms with E-state index in [0.29, 0.717) is 6.61 Å². The molecule has 0 atom stereocenters. The zero-order valence-electron chi connectivity index (χ0n) is 11.6. The van der Waals surface area contributed by atoms with Crippen LogP contribution in [0, 0.1) is 12.3 Å². The Hall–Kier alpha value is -2.49. The summed E-state index contributed by atoms with van der Waals surface area (Å²) in [4.78, 5) is 0. The summed E-state index contributed by atoms with van der Waals surface area (Å²) in [7, 11) is 1.63. The highest BCUT2D eigenvalue weighted by Gasteiger charge is 2.03. The Kier molecular flexibility index (Phi) is 4.25. The molecule has 2 aromatic rings. The standard InChI is InChI=1S/C16H18N2O2/c1-11-9-12(16(17)18)3-4-13(11)10-20-15-7-5-14(19-2)6-8-15/h3-9H,10H2,1-2H3,(H3,17,18). The molecule has 0 aliphatic heterocycles. The van der Waals surface area contributed by atoms with Gasteiger partial charge in [0, 0.05) is 5.56 Å². The van der Waals surface area contributed by atoms with E-state index < -0.39 is 0 Å².